The summed E-state index contributed by atoms with van der Waals surface area (Å²) in [4.78, 5) is 0. The van der Waals surface area contributed by atoms with E-state index in [2.05, 4.69) is 78.9 Å². The molecule has 1 aromatic heterocycles. The fourth-order valence-corrected chi connectivity index (χ4v) is 5.68. The van der Waals surface area contributed by atoms with E-state index in [-0.39, 0.29) is 0 Å². The second-order valence-electron chi connectivity index (χ2n) is 7.08. The first-order valence-electron chi connectivity index (χ1n) is 9.32. The van der Waals surface area contributed by atoms with Gasteiger partial charge in [-0.2, -0.15) is 0 Å². The van der Waals surface area contributed by atoms with Gasteiger partial charge < -0.3 is 0 Å². The van der Waals surface area contributed by atoms with Gasteiger partial charge in [0.2, 0.25) is 0 Å². The van der Waals surface area contributed by atoms with Crippen LogP contribution in [0.15, 0.2) is 91.0 Å². The molecule has 2 heteroatoms. The summed E-state index contributed by atoms with van der Waals surface area (Å²) >= 11 is 8.36. The lowest BCUT2D eigenvalue weighted by atomic mass is 9.92. The smallest absolute Gasteiger partial charge is 0.0484 e. The van der Waals surface area contributed by atoms with Crippen LogP contribution in [0.2, 0.25) is 5.02 Å². The highest BCUT2D eigenvalue weighted by atomic mass is 35.5. The Bertz CT molecular complexity index is 1520. The van der Waals surface area contributed by atoms with Crippen LogP contribution < -0.4 is 0 Å². The molecule has 0 amide bonds. The van der Waals surface area contributed by atoms with Crippen molar-refractivity contribution in [3.05, 3.63) is 96.0 Å². The molecule has 0 atom stereocenters. The lowest BCUT2D eigenvalue weighted by molar-refractivity contribution is 1.70. The third-order valence-corrected chi connectivity index (χ3v) is 7.01. The number of halogens is 1. The van der Waals surface area contributed by atoms with Crippen molar-refractivity contribution in [2.24, 2.45) is 0 Å². The Morgan fingerprint density at radius 2 is 1.25 bits per heavy atom. The van der Waals surface area contributed by atoms with Gasteiger partial charge in [0.05, 0.1) is 0 Å². The topological polar surface area (TPSA) is 0 Å². The molecular weight excluding hydrogens is 380 g/mol. The summed E-state index contributed by atoms with van der Waals surface area (Å²) in [6, 6.07) is 32.4. The first-order valence-corrected chi connectivity index (χ1v) is 10.5. The van der Waals surface area contributed by atoms with Crippen LogP contribution in [0.4, 0.5) is 0 Å². The third kappa shape index (κ3) is 2.24. The minimum absolute atomic E-state index is 0.797. The van der Waals surface area contributed by atoms with Crippen molar-refractivity contribution in [1.82, 2.24) is 0 Å². The fourth-order valence-electron chi connectivity index (χ4n) is 4.32. The number of hydrogen-bond donors (Lipinski definition) is 0. The highest BCUT2D eigenvalue weighted by molar-refractivity contribution is 7.26. The molecule has 5 aromatic carbocycles. The Morgan fingerprint density at radius 3 is 2.21 bits per heavy atom. The molecule has 28 heavy (non-hydrogen) atoms. The van der Waals surface area contributed by atoms with Gasteiger partial charge in [0, 0.05) is 30.6 Å². The molecule has 0 saturated heterocycles. The lowest BCUT2D eigenvalue weighted by Gasteiger charge is -2.12. The van der Waals surface area contributed by atoms with Crippen molar-refractivity contribution in [1.29, 1.82) is 0 Å². The summed E-state index contributed by atoms with van der Waals surface area (Å²) in [7, 11) is 0. The molecule has 0 N–H and O–H groups in total. The minimum Gasteiger partial charge on any atom is -0.135 e. The third-order valence-electron chi connectivity index (χ3n) is 5.54. The molecule has 0 aliphatic carbocycles. The van der Waals surface area contributed by atoms with Crippen molar-refractivity contribution < 1.29 is 0 Å². The van der Waals surface area contributed by atoms with Gasteiger partial charge >= 0.3 is 0 Å². The summed E-state index contributed by atoms with van der Waals surface area (Å²) in [5.41, 5.74) is 2.49. The van der Waals surface area contributed by atoms with Gasteiger partial charge in [-0.1, -0.05) is 84.4 Å². The molecule has 1 heterocycles. The van der Waals surface area contributed by atoms with Gasteiger partial charge in [-0.25, -0.2) is 0 Å². The van der Waals surface area contributed by atoms with E-state index >= 15 is 0 Å². The molecule has 0 spiro atoms. The minimum atomic E-state index is 0.797. The Morgan fingerprint density at radius 1 is 0.500 bits per heavy atom. The van der Waals surface area contributed by atoms with E-state index in [1.165, 1.54) is 47.5 Å². The van der Waals surface area contributed by atoms with E-state index in [4.69, 9.17) is 11.6 Å². The van der Waals surface area contributed by atoms with E-state index in [9.17, 15) is 0 Å². The van der Waals surface area contributed by atoms with Crippen LogP contribution in [-0.4, -0.2) is 0 Å². The van der Waals surface area contributed by atoms with Gasteiger partial charge in [0.1, 0.15) is 0 Å². The lowest BCUT2D eigenvalue weighted by Crippen LogP contribution is -1.85. The predicted octanol–water partition coefficient (Wildman–Crippen LogP) is 8.68. The van der Waals surface area contributed by atoms with Crippen LogP contribution in [-0.2, 0) is 0 Å². The number of benzene rings is 5. The van der Waals surface area contributed by atoms with E-state index in [0.717, 1.165) is 10.4 Å². The Balaban J connectivity index is 1.84. The quantitative estimate of drug-likeness (QED) is 0.261. The second-order valence-corrected chi connectivity index (χ2v) is 8.57. The number of fused-ring (bicyclic) bond motifs is 6. The molecule has 0 aliphatic rings. The normalized spacial score (nSPS) is 11.8. The monoisotopic (exact) mass is 394 g/mol. The molecule has 0 saturated carbocycles. The number of rotatable bonds is 1. The molecule has 6 aromatic rings. The zero-order chi connectivity index (χ0) is 18.7. The van der Waals surface area contributed by atoms with Crippen molar-refractivity contribution in [3.63, 3.8) is 0 Å². The van der Waals surface area contributed by atoms with E-state index in [1.807, 2.05) is 23.5 Å². The summed E-state index contributed by atoms with van der Waals surface area (Å²) in [6.07, 6.45) is 0. The van der Waals surface area contributed by atoms with Crippen LogP contribution in [0, 0.1) is 0 Å². The zero-order valence-electron chi connectivity index (χ0n) is 14.9. The van der Waals surface area contributed by atoms with Crippen molar-refractivity contribution in [2.75, 3.05) is 0 Å². The van der Waals surface area contributed by atoms with Crippen LogP contribution in [0.1, 0.15) is 0 Å². The number of hydrogen-bond acceptors (Lipinski definition) is 1. The maximum absolute atomic E-state index is 6.49. The predicted molar refractivity (Wildman–Crippen MR) is 125 cm³/mol. The number of thiophene rings is 1. The molecule has 0 radical (unpaired) electrons. The molecule has 0 fully saturated rings. The first kappa shape index (κ1) is 16.1. The van der Waals surface area contributed by atoms with E-state index in [0.29, 0.717) is 0 Å². The maximum Gasteiger partial charge on any atom is 0.0484 e. The van der Waals surface area contributed by atoms with Crippen molar-refractivity contribution in [2.45, 2.75) is 0 Å². The fraction of sp³-hybridized carbons (Fsp3) is 0. The molecule has 0 nitrogen and oxygen atoms in total. The van der Waals surface area contributed by atoms with Crippen LogP contribution in [0.3, 0.4) is 0 Å². The molecule has 0 unspecified atom stereocenters. The Hall–Kier alpha value is -2.87. The molecule has 132 valence electrons. The van der Waals surface area contributed by atoms with Gasteiger partial charge in [-0.05, 0) is 45.5 Å². The molecule has 0 bridgehead atoms. The summed E-state index contributed by atoms with van der Waals surface area (Å²) < 4.78 is 2.67. The maximum atomic E-state index is 6.49. The zero-order valence-corrected chi connectivity index (χ0v) is 16.5. The summed E-state index contributed by atoms with van der Waals surface area (Å²) in [6.45, 7) is 0. The van der Waals surface area contributed by atoms with E-state index in [1.54, 1.807) is 0 Å². The van der Waals surface area contributed by atoms with Crippen molar-refractivity contribution in [3.8, 4) is 11.1 Å². The second kappa shape index (κ2) is 6.07. The Labute approximate surface area is 171 Å². The van der Waals surface area contributed by atoms with Gasteiger partial charge in [-0.3, -0.25) is 0 Å². The summed E-state index contributed by atoms with van der Waals surface area (Å²) in [5.74, 6) is 0. The van der Waals surface area contributed by atoms with Crippen LogP contribution in [0.5, 0.6) is 0 Å². The average molecular weight is 395 g/mol. The van der Waals surface area contributed by atoms with Gasteiger partial charge in [-0.15, -0.1) is 11.3 Å². The SMILES string of the molecule is Clc1cccc2c(-c3cccc4ccc5sc6ccccc6c5c34)cccc12. The average Bonchev–Trinajstić information content (AvgIpc) is 3.12. The van der Waals surface area contributed by atoms with Crippen LogP contribution >= 0.6 is 22.9 Å². The molecular formula is C26H15ClS. The highest BCUT2D eigenvalue weighted by Gasteiger charge is 2.14. The first-order chi connectivity index (χ1) is 13.8. The van der Waals surface area contributed by atoms with Crippen molar-refractivity contribution >= 4 is 64.7 Å². The van der Waals surface area contributed by atoms with Crippen LogP contribution in [0.25, 0.3) is 52.8 Å². The Kier molecular flexibility index (Phi) is 3.49. The van der Waals surface area contributed by atoms with Gasteiger partial charge in [0.15, 0.2) is 0 Å². The molecule has 6 rings (SSSR count). The molecule has 0 aliphatic heterocycles. The highest BCUT2D eigenvalue weighted by Crippen LogP contribution is 2.43. The van der Waals surface area contributed by atoms with E-state index < -0.39 is 0 Å². The largest absolute Gasteiger partial charge is 0.135 e. The van der Waals surface area contributed by atoms with Gasteiger partial charge in [0.25, 0.3) is 0 Å². The standard InChI is InChI=1S/C26H15ClS/c27-22-12-5-9-17-18(8-4-10-19(17)22)20-11-3-6-16-14-15-24-26(25(16)20)21-7-1-2-13-23(21)28-24/h1-15H. The summed E-state index contributed by atoms with van der Waals surface area (Å²) in [5, 5.41) is 8.37.